The first kappa shape index (κ1) is 15.2. The fourth-order valence-electron chi connectivity index (χ4n) is 6.60. The van der Waals surface area contributed by atoms with Crippen LogP contribution in [-0.4, -0.2) is 23.0 Å². The largest absolute Gasteiger partial charge is 0.478 e. The van der Waals surface area contributed by atoms with Crippen LogP contribution in [0.25, 0.3) is 0 Å². The van der Waals surface area contributed by atoms with Crippen molar-refractivity contribution in [3.05, 3.63) is 11.6 Å². The molecule has 0 bridgehead atoms. The molecule has 4 aliphatic rings. The van der Waals surface area contributed by atoms with Crippen LogP contribution in [-0.2, 0) is 9.59 Å². The van der Waals surface area contributed by atoms with Gasteiger partial charge in [0.2, 0.25) is 5.91 Å². The lowest BCUT2D eigenvalue weighted by Crippen LogP contribution is -2.61. The molecule has 2 saturated carbocycles. The van der Waals surface area contributed by atoms with Crippen LogP contribution in [0.3, 0.4) is 0 Å². The molecule has 0 aromatic rings. The number of carbonyl (C=O) groups is 2. The average molecular weight is 317 g/mol. The molecule has 1 saturated heterocycles. The topological polar surface area (TPSA) is 66.4 Å². The lowest BCUT2D eigenvalue weighted by molar-refractivity contribution is -0.139. The first-order valence-electron chi connectivity index (χ1n) is 9.09. The number of nitrogens with one attached hydrogen (secondary N) is 1. The fraction of sp³-hybridized carbons (Fsp3) is 0.789. The minimum atomic E-state index is -0.724. The zero-order valence-electron chi connectivity index (χ0n) is 14.1. The molecule has 1 unspecified atom stereocenters. The summed E-state index contributed by atoms with van der Waals surface area (Å²) in [4.78, 5) is 23.4. The van der Waals surface area contributed by atoms with Crippen molar-refractivity contribution in [3.8, 4) is 0 Å². The molecule has 0 spiro atoms. The fourth-order valence-corrected chi connectivity index (χ4v) is 6.60. The minimum Gasteiger partial charge on any atom is -0.478 e. The summed E-state index contributed by atoms with van der Waals surface area (Å²) >= 11 is 0. The van der Waals surface area contributed by atoms with Gasteiger partial charge >= 0.3 is 5.97 Å². The number of allylic oxidation sites excluding steroid dienone is 1. The zero-order chi connectivity index (χ0) is 16.4. The summed E-state index contributed by atoms with van der Waals surface area (Å²) in [7, 11) is 0. The summed E-state index contributed by atoms with van der Waals surface area (Å²) < 4.78 is 0. The number of carboxylic acid groups (broad SMARTS) is 1. The van der Waals surface area contributed by atoms with E-state index in [0.717, 1.165) is 38.5 Å². The molecule has 6 atom stereocenters. The highest BCUT2D eigenvalue weighted by molar-refractivity contribution is 5.89. The van der Waals surface area contributed by atoms with Crippen LogP contribution < -0.4 is 5.32 Å². The van der Waals surface area contributed by atoms with E-state index in [4.69, 9.17) is 0 Å². The Labute approximate surface area is 137 Å². The summed E-state index contributed by atoms with van der Waals surface area (Å²) in [6.45, 7) is 4.55. The molecule has 4 rings (SSSR count). The van der Waals surface area contributed by atoms with E-state index in [1.54, 1.807) is 0 Å². The van der Waals surface area contributed by atoms with Crippen molar-refractivity contribution in [2.24, 2.45) is 28.6 Å². The summed E-state index contributed by atoms with van der Waals surface area (Å²) in [5.41, 5.74) is 0.711. The van der Waals surface area contributed by atoms with E-state index in [0.29, 0.717) is 35.8 Å². The van der Waals surface area contributed by atoms with Crippen LogP contribution in [0.15, 0.2) is 11.6 Å². The van der Waals surface area contributed by atoms with Gasteiger partial charge in [0.25, 0.3) is 0 Å². The molecule has 4 nitrogen and oxygen atoms in total. The van der Waals surface area contributed by atoms with Crippen molar-refractivity contribution in [3.63, 3.8) is 0 Å². The van der Waals surface area contributed by atoms with Gasteiger partial charge in [-0.15, -0.1) is 0 Å². The van der Waals surface area contributed by atoms with Crippen molar-refractivity contribution in [1.82, 2.24) is 5.32 Å². The predicted octanol–water partition coefficient (Wildman–Crippen LogP) is 3.13. The van der Waals surface area contributed by atoms with Crippen LogP contribution >= 0.6 is 0 Å². The standard InChI is InChI=1S/C19H27NO3/c1-18-9-7-13-11(12(18)4-5-14(18)17(22)23)3-6-15-19(13,2)10-8-16(21)20-15/h5,11-13,15H,3-4,6-10H2,1-2H3,(H,20,21)(H,22,23)/t11-,12-,13+,15?,18-,19+/m0/s1. The number of aliphatic carboxylic acids is 1. The number of hydrogen-bond acceptors (Lipinski definition) is 2. The number of hydrogen-bond donors (Lipinski definition) is 2. The van der Waals surface area contributed by atoms with E-state index in [9.17, 15) is 14.7 Å². The Kier molecular flexibility index (Phi) is 3.20. The normalized spacial score (nSPS) is 48.6. The Hall–Kier alpha value is -1.32. The summed E-state index contributed by atoms with van der Waals surface area (Å²) in [5.74, 6) is 1.20. The number of carboxylic acids is 1. The Morgan fingerprint density at radius 2 is 2.00 bits per heavy atom. The van der Waals surface area contributed by atoms with Crippen molar-refractivity contribution in [1.29, 1.82) is 0 Å². The van der Waals surface area contributed by atoms with E-state index in [1.807, 2.05) is 6.08 Å². The molecule has 4 heteroatoms. The third kappa shape index (κ3) is 1.96. The Bertz CT molecular complexity index is 597. The number of amides is 1. The summed E-state index contributed by atoms with van der Waals surface area (Å²) in [5, 5.41) is 12.8. The monoisotopic (exact) mass is 317 g/mol. The molecule has 0 aromatic heterocycles. The zero-order valence-corrected chi connectivity index (χ0v) is 14.1. The maximum absolute atomic E-state index is 11.8. The maximum Gasteiger partial charge on any atom is 0.331 e. The first-order chi connectivity index (χ1) is 10.9. The van der Waals surface area contributed by atoms with Crippen LogP contribution in [0.4, 0.5) is 0 Å². The summed E-state index contributed by atoms with van der Waals surface area (Å²) in [6, 6.07) is 0.322. The highest BCUT2D eigenvalue weighted by Gasteiger charge is 2.59. The van der Waals surface area contributed by atoms with Crippen LogP contribution in [0.2, 0.25) is 0 Å². The molecule has 126 valence electrons. The van der Waals surface area contributed by atoms with E-state index in [1.165, 1.54) is 0 Å². The van der Waals surface area contributed by atoms with E-state index in [-0.39, 0.29) is 16.7 Å². The Morgan fingerprint density at radius 1 is 1.22 bits per heavy atom. The second kappa shape index (κ2) is 4.84. The lowest BCUT2D eigenvalue weighted by atomic mass is 9.47. The Morgan fingerprint density at radius 3 is 2.74 bits per heavy atom. The molecule has 0 radical (unpaired) electrons. The predicted molar refractivity (Wildman–Crippen MR) is 86.7 cm³/mol. The lowest BCUT2D eigenvalue weighted by Gasteiger charge is -2.59. The average Bonchev–Trinajstić information content (AvgIpc) is 2.85. The van der Waals surface area contributed by atoms with Crippen molar-refractivity contribution in [2.75, 3.05) is 0 Å². The van der Waals surface area contributed by atoms with E-state index >= 15 is 0 Å². The third-order valence-electron chi connectivity index (χ3n) is 7.91. The number of fused-ring (bicyclic) bond motifs is 5. The maximum atomic E-state index is 11.8. The molecule has 2 N–H and O–H groups in total. The van der Waals surface area contributed by atoms with Gasteiger partial charge in [-0.3, -0.25) is 4.79 Å². The SMILES string of the molecule is C[C@]12CCC(=O)NC1CC[C@@H]1[C@H]2CC[C@]2(C)C(C(=O)O)=CC[C@@H]12. The number of carbonyl (C=O) groups excluding carboxylic acids is 1. The van der Waals surface area contributed by atoms with Crippen LogP contribution in [0.1, 0.15) is 58.8 Å². The molecule has 1 amide bonds. The van der Waals surface area contributed by atoms with Gasteiger partial charge in [-0.25, -0.2) is 4.79 Å². The molecule has 23 heavy (non-hydrogen) atoms. The molecule has 0 aromatic carbocycles. The van der Waals surface area contributed by atoms with Crippen LogP contribution in [0.5, 0.6) is 0 Å². The molecular formula is C19H27NO3. The van der Waals surface area contributed by atoms with Gasteiger partial charge < -0.3 is 10.4 Å². The second-order valence-corrected chi connectivity index (χ2v) is 8.69. The van der Waals surface area contributed by atoms with Gasteiger partial charge in [-0.05, 0) is 61.7 Å². The number of rotatable bonds is 1. The molecule has 3 aliphatic carbocycles. The Balaban J connectivity index is 1.63. The number of piperidine rings is 1. The highest BCUT2D eigenvalue weighted by atomic mass is 16.4. The van der Waals surface area contributed by atoms with Gasteiger partial charge in [0, 0.05) is 23.5 Å². The summed E-state index contributed by atoms with van der Waals surface area (Å²) in [6.07, 6.45) is 8.83. The smallest absolute Gasteiger partial charge is 0.331 e. The van der Waals surface area contributed by atoms with Crippen molar-refractivity contribution < 1.29 is 14.7 Å². The van der Waals surface area contributed by atoms with Gasteiger partial charge in [0.1, 0.15) is 0 Å². The van der Waals surface area contributed by atoms with Gasteiger partial charge in [-0.2, -0.15) is 0 Å². The molecule has 3 fully saturated rings. The first-order valence-corrected chi connectivity index (χ1v) is 9.09. The van der Waals surface area contributed by atoms with Crippen molar-refractivity contribution in [2.45, 2.75) is 64.8 Å². The molecular weight excluding hydrogens is 290 g/mol. The quantitative estimate of drug-likeness (QED) is 0.781. The second-order valence-electron chi connectivity index (χ2n) is 8.69. The van der Waals surface area contributed by atoms with E-state index in [2.05, 4.69) is 19.2 Å². The van der Waals surface area contributed by atoms with Gasteiger partial charge in [0.05, 0.1) is 0 Å². The van der Waals surface area contributed by atoms with Crippen molar-refractivity contribution >= 4 is 11.9 Å². The minimum absolute atomic E-state index is 0.145. The van der Waals surface area contributed by atoms with Gasteiger partial charge in [0.15, 0.2) is 0 Å². The molecule has 1 heterocycles. The third-order valence-corrected chi connectivity index (χ3v) is 7.91. The molecule has 1 aliphatic heterocycles. The highest BCUT2D eigenvalue weighted by Crippen LogP contribution is 2.64. The van der Waals surface area contributed by atoms with Crippen LogP contribution in [0, 0.1) is 28.6 Å². The van der Waals surface area contributed by atoms with Gasteiger partial charge in [-0.1, -0.05) is 19.9 Å². The van der Waals surface area contributed by atoms with E-state index < -0.39 is 5.97 Å².